The second kappa shape index (κ2) is 9.97. The highest BCUT2D eigenvalue weighted by atomic mass is 32.2. The Morgan fingerprint density at radius 1 is 1.19 bits per heavy atom. The third-order valence-electron chi connectivity index (χ3n) is 4.59. The minimum atomic E-state index is -0.438. The molecule has 7 nitrogen and oxygen atoms in total. The van der Waals surface area contributed by atoms with E-state index in [-0.39, 0.29) is 12.5 Å². The summed E-state index contributed by atoms with van der Waals surface area (Å²) in [6.45, 7) is 5.94. The SMILES string of the molecule is Cc1ccc(C)c(OCc2nnc(SC(C)C(=O)Nc3nc(-c4ccccc4)cs3)o2)c1. The number of rotatable bonds is 8. The zero-order chi connectivity index (χ0) is 22.5. The Kier molecular flexibility index (Phi) is 6.87. The normalized spacial score (nSPS) is 11.8. The van der Waals surface area contributed by atoms with Crippen LogP contribution < -0.4 is 10.1 Å². The quantitative estimate of drug-likeness (QED) is 0.343. The maximum atomic E-state index is 12.6. The van der Waals surface area contributed by atoms with Gasteiger partial charge in [-0.25, -0.2) is 4.98 Å². The van der Waals surface area contributed by atoms with E-state index in [2.05, 4.69) is 20.5 Å². The second-order valence-electron chi connectivity index (χ2n) is 7.17. The fourth-order valence-electron chi connectivity index (χ4n) is 2.83. The van der Waals surface area contributed by atoms with Gasteiger partial charge in [-0.1, -0.05) is 54.2 Å². The molecule has 2 heterocycles. The summed E-state index contributed by atoms with van der Waals surface area (Å²) in [5.74, 6) is 0.951. The van der Waals surface area contributed by atoms with Crippen LogP contribution in [0.1, 0.15) is 23.9 Å². The highest BCUT2D eigenvalue weighted by Gasteiger charge is 2.20. The molecule has 0 saturated heterocycles. The molecule has 2 aromatic heterocycles. The summed E-state index contributed by atoms with van der Waals surface area (Å²) in [5.41, 5.74) is 3.99. The van der Waals surface area contributed by atoms with Crippen LogP contribution in [0.5, 0.6) is 5.75 Å². The number of nitrogens with one attached hydrogen (secondary N) is 1. The summed E-state index contributed by atoms with van der Waals surface area (Å²) in [6.07, 6.45) is 0. The lowest BCUT2D eigenvalue weighted by Crippen LogP contribution is -2.22. The number of anilines is 1. The van der Waals surface area contributed by atoms with Crippen molar-refractivity contribution in [1.29, 1.82) is 0 Å². The number of benzene rings is 2. The smallest absolute Gasteiger partial charge is 0.277 e. The lowest BCUT2D eigenvalue weighted by molar-refractivity contribution is -0.115. The van der Waals surface area contributed by atoms with Crippen molar-refractivity contribution in [2.75, 3.05) is 5.32 Å². The van der Waals surface area contributed by atoms with Crippen molar-refractivity contribution in [3.05, 3.63) is 70.9 Å². The highest BCUT2D eigenvalue weighted by molar-refractivity contribution is 8.00. The minimum absolute atomic E-state index is 0.166. The van der Waals surface area contributed by atoms with Gasteiger partial charge in [-0.2, -0.15) is 0 Å². The Morgan fingerprint density at radius 2 is 2.00 bits per heavy atom. The van der Waals surface area contributed by atoms with Crippen LogP contribution in [0.25, 0.3) is 11.3 Å². The zero-order valence-corrected chi connectivity index (χ0v) is 19.5. The van der Waals surface area contributed by atoms with Gasteiger partial charge in [-0.3, -0.25) is 4.79 Å². The molecule has 2 aromatic carbocycles. The number of thioether (sulfide) groups is 1. The van der Waals surface area contributed by atoms with Crippen molar-refractivity contribution in [2.24, 2.45) is 0 Å². The summed E-state index contributed by atoms with van der Waals surface area (Å²) < 4.78 is 11.4. The standard InChI is InChI=1S/C23H22N4O3S2/c1-14-9-10-15(2)19(11-14)29-12-20-26-27-23(30-20)32-16(3)21(28)25-22-24-18(13-31-22)17-7-5-4-6-8-17/h4-11,13,16H,12H2,1-3H3,(H,24,25,28). The van der Waals surface area contributed by atoms with Crippen LogP contribution in [-0.4, -0.2) is 26.3 Å². The van der Waals surface area contributed by atoms with Gasteiger partial charge in [0.15, 0.2) is 11.7 Å². The number of aromatic nitrogens is 3. The van der Waals surface area contributed by atoms with Crippen molar-refractivity contribution in [1.82, 2.24) is 15.2 Å². The molecule has 32 heavy (non-hydrogen) atoms. The Balaban J connectivity index is 1.31. The largest absolute Gasteiger partial charge is 0.484 e. The summed E-state index contributed by atoms with van der Waals surface area (Å²) in [5, 5.41) is 13.2. The molecule has 4 rings (SSSR count). The van der Waals surface area contributed by atoms with Gasteiger partial charge in [0.25, 0.3) is 11.1 Å². The van der Waals surface area contributed by atoms with Crippen LogP contribution in [0.4, 0.5) is 5.13 Å². The van der Waals surface area contributed by atoms with Gasteiger partial charge in [0.1, 0.15) is 5.75 Å². The number of nitrogens with zero attached hydrogens (tertiary/aromatic N) is 3. The predicted octanol–water partition coefficient (Wildman–Crippen LogP) is 5.51. The minimum Gasteiger partial charge on any atom is -0.484 e. The molecule has 0 aliphatic rings. The van der Waals surface area contributed by atoms with Crippen LogP contribution >= 0.6 is 23.1 Å². The molecule has 4 aromatic rings. The Morgan fingerprint density at radius 3 is 2.81 bits per heavy atom. The average Bonchev–Trinajstić information content (AvgIpc) is 3.44. The molecule has 164 valence electrons. The highest BCUT2D eigenvalue weighted by Crippen LogP contribution is 2.27. The predicted molar refractivity (Wildman–Crippen MR) is 126 cm³/mol. The van der Waals surface area contributed by atoms with Gasteiger partial charge >= 0.3 is 0 Å². The monoisotopic (exact) mass is 466 g/mol. The first-order valence-corrected chi connectivity index (χ1v) is 11.7. The van der Waals surface area contributed by atoms with Gasteiger partial charge in [0.05, 0.1) is 10.9 Å². The van der Waals surface area contributed by atoms with E-state index in [1.165, 1.54) is 23.1 Å². The van der Waals surface area contributed by atoms with Gasteiger partial charge in [-0.05, 0) is 38.0 Å². The number of carbonyl (C=O) groups is 1. The summed E-state index contributed by atoms with van der Waals surface area (Å²) >= 11 is 2.58. The molecule has 9 heteroatoms. The number of ether oxygens (including phenoxy) is 1. The molecule has 0 fully saturated rings. The Bertz CT molecular complexity index is 1210. The molecule has 1 amide bonds. The summed E-state index contributed by atoms with van der Waals surface area (Å²) in [7, 11) is 0. The molecular formula is C23H22N4O3S2. The van der Waals surface area contributed by atoms with Crippen molar-refractivity contribution in [3.8, 4) is 17.0 Å². The average molecular weight is 467 g/mol. The first-order chi connectivity index (χ1) is 15.5. The Labute approximate surface area is 194 Å². The second-order valence-corrected chi connectivity index (χ2v) is 9.32. The van der Waals surface area contributed by atoms with Crippen molar-refractivity contribution in [2.45, 2.75) is 37.9 Å². The molecule has 0 radical (unpaired) electrons. The topological polar surface area (TPSA) is 90.1 Å². The molecule has 0 bridgehead atoms. The van der Waals surface area contributed by atoms with E-state index >= 15 is 0 Å². The van der Waals surface area contributed by atoms with Gasteiger partial charge in [0, 0.05) is 10.9 Å². The van der Waals surface area contributed by atoms with E-state index in [9.17, 15) is 4.79 Å². The molecule has 1 unspecified atom stereocenters. The first kappa shape index (κ1) is 22.0. The molecular weight excluding hydrogens is 444 g/mol. The van der Waals surface area contributed by atoms with Crippen LogP contribution in [-0.2, 0) is 11.4 Å². The van der Waals surface area contributed by atoms with Crippen LogP contribution in [0.3, 0.4) is 0 Å². The molecule has 0 saturated carbocycles. The number of amides is 1. The lowest BCUT2D eigenvalue weighted by atomic mass is 10.1. The van der Waals surface area contributed by atoms with Crippen LogP contribution in [0.2, 0.25) is 0 Å². The van der Waals surface area contributed by atoms with E-state index in [4.69, 9.17) is 9.15 Å². The molecule has 0 aliphatic heterocycles. The number of hydrogen-bond acceptors (Lipinski definition) is 8. The fraction of sp³-hybridized carbons (Fsp3) is 0.217. The van der Waals surface area contributed by atoms with Crippen molar-refractivity contribution in [3.63, 3.8) is 0 Å². The van der Waals surface area contributed by atoms with E-state index in [0.29, 0.717) is 16.2 Å². The third kappa shape index (κ3) is 5.54. The molecule has 1 atom stereocenters. The molecule has 0 spiro atoms. The molecule has 0 aliphatic carbocycles. The van der Waals surface area contributed by atoms with Crippen LogP contribution in [0, 0.1) is 13.8 Å². The fourth-order valence-corrected chi connectivity index (χ4v) is 4.25. The maximum Gasteiger partial charge on any atom is 0.277 e. The van der Waals surface area contributed by atoms with Crippen molar-refractivity contribution >= 4 is 34.1 Å². The van der Waals surface area contributed by atoms with Crippen LogP contribution in [0.15, 0.2) is 63.6 Å². The first-order valence-electron chi connectivity index (χ1n) is 9.99. The van der Waals surface area contributed by atoms with E-state index < -0.39 is 5.25 Å². The number of aryl methyl sites for hydroxylation is 2. The number of carbonyl (C=O) groups excluding carboxylic acids is 1. The summed E-state index contributed by atoms with van der Waals surface area (Å²) in [4.78, 5) is 17.1. The maximum absolute atomic E-state index is 12.6. The number of hydrogen-bond donors (Lipinski definition) is 1. The van der Waals surface area contributed by atoms with E-state index in [1.807, 2.05) is 67.8 Å². The van der Waals surface area contributed by atoms with Gasteiger partial charge in [-0.15, -0.1) is 21.5 Å². The lowest BCUT2D eigenvalue weighted by Gasteiger charge is -2.08. The number of thiazole rings is 1. The third-order valence-corrected chi connectivity index (χ3v) is 6.29. The van der Waals surface area contributed by atoms with Gasteiger partial charge < -0.3 is 14.5 Å². The Hall–Kier alpha value is -3.17. The van der Waals surface area contributed by atoms with E-state index in [0.717, 1.165) is 28.1 Å². The van der Waals surface area contributed by atoms with Crippen molar-refractivity contribution < 1.29 is 13.9 Å². The van der Waals surface area contributed by atoms with E-state index in [1.54, 1.807) is 6.92 Å². The molecule has 1 N–H and O–H groups in total. The summed E-state index contributed by atoms with van der Waals surface area (Å²) in [6, 6.07) is 15.8. The van der Waals surface area contributed by atoms with Gasteiger partial charge in [0.2, 0.25) is 5.91 Å². The zero-order valence-electron chi connectivity index (χ0n) is 17.9.